The van der Waals surface area contributed by atoms with Crippen molar-refractivity contribution in [2.75, 3.05) is 35.4 Å². The predicted molar refractivity (Wildman–Crippen MR) is 112 cm³/mol. The first kappa shape index (κ1) is 20.9. The van der Waals surface area contributed by atoms with Crippen LogP contribution in [0.2, 0.25) is 0 Å². The number of rotatable bonds is 7. The van der Waals surface area contributed by atoms with Gasteiger partial charge in [0.2, 0.25) is 5.91 Å². The van der Waals surface area contributed by atoms with Crippen molar-refractivity contribution in [3.8, 4) is 5.75 Å². The lowest BCUT2D eigenvalue weighted by Crippen LogP contribution is -2.35. The molecule has 2 aromatic rings. The molecule has 1 heterocycles. The Morgan fingerprint density at radius 3 is 2.59 bits per heavy atom. The number of carbonyl (C=O) groups is 2. The Hall–Kier alpha value is -2.87. The molecule has 0 radical (unpaired) electrons. The summed E-state index contributed by atoms with van der Waals surface area (Å²) in [6, 6.07) is 13.7. The second-order valence-electron chi connectivity index (χ2n) is 7.01. The molecular formula is C21H24N2O5S. The van der Waals surface area contributed by atoms with E-state index in [0.717, 1.165) is 24.8 Å². The quantitative estimate of drug-likeness (QED) is 0.749. The van der Waals surface area contributed by atoms with Gasteiger partial charge in [0.25, 0.3) is 5.91 Å². The van der Waals surface area contributed by atoms with Crippen molar-refractivity contribution in [2.45, 2.75) is 19.3 Å². The van der Waals surface area contributed by atoms with Crippen molar-refractivity contribution in [1.82, 2.24) is 0 Å². The summed E-state index contributed by atoms with van der Waals surface area (Å²) in [5.74, 6) is 0.233. The fourth-order valence-corrected chi connectivity index (χ4v) is 3.44. The third kappa shape index (κ3) is 6.05. The standard InChI is InChI=1S/C21H24N2O5S/c1-29(26,27)14-13-28-19-6-4-5-17(15-19)22-21(25)16-8-10-18(11-9-16)23-12-3-2-7-20(23)24/h4-6,8-11,15H,2-3,7,12-14H2,1H3,(H,22,25). The number of amides is 2. The van der Waals surface area contributed by atoms with Crippen LogP contribution in [0.3, 0.4) is 0 Å². The zero-order valence-corrected chi connectivity index (χ0v) is 17.1. The van der Waals surface area contributed by atoms with Gasteiger partial charge in [0.05, 0.1) is 5.75 Å². The van der Waals surface area contributed by atoms with Gasteiger partial charge in [0, 0.05) is 42.2 Å². The van der Waals surface area contributed by atoms with Crippen molar-refractivity contribution >= 4 is 33.0 Å². The Morgan fingerprint density at radius 2 is 1.90 bits per heavy atom. The number of sulfone groups is 1. The van der Waals surface area contributed by atoms with E-state index in [0.29, 0.717) is 30.0 Å². The molecule has 8 heteroatoms. The van der Waals surface area contributed by atoms with E-state index in [1.165, 1.54) is 0 Å². The number of nitrogens with zero attached hydrogens (tertiary/aromatic N) is 1. The maximum Gasteiger partial charge on any atom is 0.255 e. The molecule has 1 aliphatic rings. The summed E-state index contributed by atoms with van der Waals surface area (Å²) in [4.78, 5) is 26.3. The smallest absolute Gasteiger partial charge is 0.255 e. The second kappa shape index (κ2) is 9.09. The first-order valence-corrected chi connectivity index (χ1v) is 11.5. The summed E-state index contributed by atoms with van der Waals surface area (Å²) >= 11 is 0. The number of ether oxygens (including phenoxy) is 1. The molecule has 0 saturated carbocycles. The second-order valence-corrected chi connectivity index (χ2v) is 9.27. The van der Waals surface area contributed by atoms with Gasteiger partial charge in [0.15, 0.2) is 9.84 Å². The molecule has 3 rings (SSSR count). The van der Waals surface area contributed by atoms with Crippen molar-refractivity contribution in [1.29, 1.82) is 0 Å². The van der Waals surface area contributed by atoms with Gasteiger partial charge in [-0.1, -0.05) is 6.07 Å². The van der Waals surface area contributed by atoms with Crippen molar-refractivity contribution in [2.24, 2.45) is 0 Å². The van der Waals surface area contributed by atoms with Gasteiger partial charge in [-0.05, 0) is 49.2 Å². The molecule has 1 saturated heterocycles. The first-order valence-electron chi connectivity index (χ1n) is 9.44. The van der Waals surface area contributed by atoms with Crippen LogP contribution < -0.4 is 15.0 Å². The zero-order valence-electron chi connectivity index (χ0n) is 16.3. The summed E-state index contributed by atoms with van der Waals surface area (Å²) in [5, 5.41) is 2.80. The van der Waals surface area contributed by atoms with E-state index >= 15 is 0 Å². The molecule has 0 unspecified atom stereocenters. The Kier molecular flexibility index (Phi) is 6.53. The lowest BCUT2D eigenvalue weighted by atomic mass is 10.1. The Balaban J connectivity index is 1.61. The van der Waals surface area contributed by atoms with E-state index in [1.807, 2.05) is 0 Å². The topological polar surface area (TPSA) is 92.8 Å². The lowest BCUT2D eigenvalue weighted by Gasteiger charge is -2.26. The lowest BCUT2D eigenvalue weighted by molar-refractivity contribution is -0.119. The fraction of sp³-hybridized carbons (Fsp3) is 0.333. The summed E-state index contributed by atoms with van der Waals surface area (Å²) in [6.07, 6.45) is 3.62. The van der Waals surface area contributed by atoms with Crippen LogP contribution in [0.1, 0.15) is 29.6 Å². The Bertz CT molecular complexity index is 986. The molecule has 29 heavy (non-hydrogen) atoms. The number of hydrogen-bond acceptors (Lipinski definition) is 5. The molecule has 0 aliphatic carbocycles. The zero-order chi connectivity index (χ0) is 20.9. The summed E-state index contributed by atoms with van der Waals surface area (Å²) in [5.41, 5.74) is 1.82. The highest BCUT2D eigenvalue weighted by atomic mass is 32.2. The number of carbonyl (C=O) groups excluding carboxylic acids is 2. The van der Waals surface area contributed by atoms with Crippen molar-refractivity contribution in [3.63, 3.8) is 0 Å². The van der Waals surface area contributed by atoms with Crippen LogP contribution in [0.4, 0.5) is 11.4 Å². The van der Waals surface area contributed by atoms with Crippen LogP contribution in [0.25, 0.3) is 0 Å². The average molecular weight is 416 g/mol. The van der Waals surface area contributed by atoms with E-state index in [9.17, 15) is 18.0 Å². The largest absolute Gasteiger partial charge is 0.492 e. The molecule has 0 aromatic heterocycles. The minimum Gasteiger partial charge on any atom is -0.492 e. The molecule has 2 amide bonds. The van der Waals surface area contributed by atoms with Crippen LogP contribution in [0, 0.1) is 0 Å². The van der Waals surface area contributed by atoms with Gasteiger partial charge in [-0.25, -0.2) is 8.42 Å². The van der Waals surface area contributed by atoms with Gasteiger partial charge < -0.3 is 15.0 Å². The van der Waals surface area contributed by atoms with Crippen LogP contribution >= 0.6 is 0 Å². The summed E-state index contributed by atoms with van der Waals surface area (Å²) in [7, 11) is -3.09. The van der Waals surface area contributed by atoms with E-state index in [-0.39, 0.29) is 24.2 Å². The molecule has 1 aliphatic heterocycles. The molecule has 2 aromatic carbocycles. The van der Waals surface area contributed by atoms with Gasteiger partial charge in [-0.15, -0.1) is 0 Å². The number of hydrogen-bond donors (Lipinski definition) is 1. The fourth-order valence-electron chi connectivity index (χ4n) is 3.05. The number of benzene rings is 2. The van der Waals surface area contributed by atoms with Crippen LogP contribution in [-0.4, -0.2) is 45.4 Å². The molecule has 0 atom stereocenters. The third-order valence-corrected chi connectivity index (χ3v) is 5.49. The highest BCUT2D eigenvalue weighted by Crippen LogP contribution is 2.22. The monoisotopic (exact) mass is 416 g/mol. The Labute approximate surface area is 170 Å². The van der Waals surface area contributed by atoms with Crippen molar-refractivity contribution in [3.05, 3.63) is 54.1 Å². The highest BCUT2D eigenvalue weighted by Gasteiger charge is 2.19. The molecule has 1 fully saturated rings. The number of nitrogens with one attached hydrogen (secondary N) is 1. The van der Waals surface area contributed by atoms with Gasteiger partial charge in [0.1, 0.15) is 12.4 Å². The first-order chi connectivity index (χ1) is 13.8. The van der Waals surface area contributed by atoms with E-state index < -0.39 is 9.84 Å². The molecule has 0 spiro atoms. The van der Waals surface area contributed by atoms with E-state index in [1.54, 1.807) is 53.4 Å². The maximum absolute atomic E-state index is 12.5. The molecule has 7 nitrogen and oxygen atoms in total. The maximum atomic E-state index is 12.5. The molecular weight excluding hydrogens is 392 g/mol. The SMILES string of the molecule is CS(=O)(=O)CCOc1cccc(NC(=O)c2ccc(N3CCCCC3=O)cc2)c1. The average Bonchev–Trinajstić information content (AvgIpc) is 2.68. The van der Waals surface area contributed by atoms with Gasteiger partial charge in [-0.3, -0.25) is 9.59 Å². The minimum absolute atomic E-state index is 0.0485. The van der Waals surface area contributed by atoms with Crippen LogP contribution in [0.15, 0.2) is 48.5 Å². The number of piperidine rings is 1. The van der Waals surface area contributed by atoms with E-state index in [2.05, 4.69) is 5.32 Å². The third-order valence-electron chi connectivity index (χ3n) is 4.58. The normalized spacial score (nSPS) is 14.5. The summed E-state index contributed by atoms with van der Waals surface area (Å²) < 4.78 is 27.8. The predicted octanol–water partition coefficient (Wildman–Crippen LogP) is 2.88. The minimum atomic E-state index is -3.09. The van der Waals surface area contributed by atoms with Gasteiger partial charge >= 0.3 is 0 Å². The molecule has 0 bridgehead atoms. The number of anilines is 2. The highest BCUT2D eigenvalue weighted by molar-refractivity contribution is 7.90. The van der Waals surface area contributed by atoms with Crippen LogP contribution in [0.5, 0.6) is 5.75 Å². The van der Waals surface area contributed by atoms with Crippen molar-refractivity contribution < 1.29 is 22.7 Å². The van der Waals surface area contributed by atoms with Gasteiger partial charge in [-0.2, -0.15) is 0 Å². The molecule has 154 valence electrons. The summed E-state index contributed by atoms with van der Waals surface area (Å²) in [6.45, 7) is 0.753. The molecule has 1 N–H and O–H groups in total. The Morgan fingerprint density at radius 1 is 1.14 bits per heavy atom. The van der Waals surface area contributed by atoms with E-state index in [4.69, 9.17) is 4.74 Å². The van der Waals surface area contributed by atoms with Crippen LogP contribution in [-0.2, 0) is 14.6 Å².